The summed E-state index contributed by atoms with van der Waals surface area (Å²) < 4.78 is 16.7. The number of ether oxygens (including phenoxy) is 3. The smallest absolute Gasteiger partial charge is 0.435 e. The number of anilines is 1. The molecule has 170 valence electrons. The topological polar surface area (TPSA) is 112 Å². The molecule has 2 amide bonds. The molecule has 1 fully saturated rings. The lowest BCUT2D eigenvalue weighted by atomic mass is 10.0. The Morgan fingerprint density at radius 1 is 1.19 bits per heavy atom. The minimum atomic E-state index is -0.541. The third-order valence-electron chi connectivity index (χ3n) is 5.46. The quantitative estimate of drug-likeness (QED) is 0.708. The van der Waals surface area contributed by atoms with Crippen LogP contribution in [0.1, 0.15) is 31.4 Å². The van der Waals surface area contributed by atoms with E-state index in [0.29, 0.717) is 12.2 Å². The number of cyclic esters (lactones) is 1. The maximum atomic E-state index is 12.4. The van der Waals surface area contributed by atoms with Crippen LogP contribution in [0, 0.1) is 0 Å². The molecule has 1 atom stereocenters. The van der Waals surface area contributed by atoms with Crippen LogP contribution in [0.5, 0.6) is 0 Å². The van der Waals surface area contributed by atoms with Crippen LogP contribution in [0.25, 0.3) is 11.3 Å². The first-order chi connectivity index (χ1) is 15.5. The number of nitrogens with zero attached hydrogens (tertiary/aromatic N) is 3. The predicted molar refractivity (Wildman–Crippen MR) is 115 cm³/mol. The van der Waals surface area contributed by atoms with E-state index in [1.807, 2.05) is 18.2 Å². The van der Waals surface area contributed by atoms with Crippen molar-refractivity contribution in [1.29, 1.82) is 0 Å². The Kier molecular flexibility index (Phi) is 6.29. The van der Waals surface area contributed by atoms with E-state index in [9.17, 15) is 14.4 Å². The van der Waals surface area contributed by atoms with Crippen LogP contribution in [0.3, 0.4) is 0 Å². The maximum Gasteiger partial charge on any atom is 0.435 e. The van der Waals surface area contributed by atoms with Crippen LogP contribution in [-0.2, 0) is 27.1 Å². The van der Waals surface area contributed by atoms with Crippen molar-refractivity contribution in [2.24, 2.45) is 0 Å². The van der Waals surface area contributed by atoms with Crippen molar-refractivity contribution < 1.29 is 28.6 Å². The summed E-state index contributed by atoms with van der Waals surface area (Å²) in [7, 11) is 0. The van der Waals surface area contributed by atoms with Crippen molar-refractivity contribution in [2.75, 3.05) is 31.2 Å². The fourth-order valence-electron chi connectivity index (χ4n) is 4.05. The summed E-state index contributed by atoms with van der Waals surface area (Å²) >= 11 is 0. The summed E-state index contributed by atoms with van der Waals surface area (Å²) in [5, 5.41) is 6.83. The van der Waals surface area contributed by atoms with Gasteiger partial charge in [0.2, 0.25) is 0 Å². The first-order valence-corrected chi connectivity index (χ1v) is 10.8. The Bertz CT molecular complexity index is 1030. The van der Waals surface area contributed by atoms with Crippen LogP contribution in [0.15, 0.2) is 24.4 Å². The van der Waals surface area contributed by atoms with Crippen LogP contribution in [-0.4, -0.2) is 60.5 Å². The van der Waals surface area contributed by atoms with Crippen molar-refractivity contribution in [3.8, 4) is 11.3 Å². The second-order valence-electron chi connectivity index (χ2n) is 7.54. The van der Waals surface area contributed by atoms with Gasteiger partial charge in [0, 0.05) is 11.3 Å². The monoisotopic (exact) mass is 442 g/mol. The number of aryl methyl sites for hydroxylation is 2. The molecule has 10 nitrogen and oxygen atoms in total. The number of carbonyl (C=O) groups excluding carboxylic acids is 3. The van der Waals surface area contributed by atoms with Crippen molar-refractivity contribution >= 4 is 24.0 Å². The Hall–Kier alpha value is -3.56. The average molecular weight is 442 g/mol. The van der Waals surface area contributed by atoms with E-state index >= 15 is 0 Å². The van der Waals surface area contributed by atoms with Gasteiger partial charge in [-0.3, -0.25) is 4.90 Å². The summed E-state index contributed by atoms with van der Waals surface area (Å²) in [5.41, 5.74) is 4.37. The zero-order chi connectivity index (χ0) is 22.7. The summed E-state index contributed by atoms with van der Waals surface area (Å²) in [6, 6.07) is 5.69. The maximum absolute atomic E-state index is 12.4. The zero-order valence-corrected chi connectivity index (χ0v) is 18.1. The third-order valence-corrected chi connectivity index (χ3v) is 5.46. The average Bonchev–Trinajstić information content (AvgIpc) is 3.31. The molecule has 2 aliphatic rings. The largest absolute Gasteiger partial charge is 0.450 e. The number of benzene rings is 1. The molecule has 1 N–H and O–H groups in total. The number of aromatic nitrogens is 2. The molecule has 2 aromatic rings. The second kappa shape index (κ2) is 9.29. The normalized spacial score (nSPS) is 17.1. The molecule has 0 spiro atoms. The summed E-state index contributed by atoms with van der Waals surface area (Å²) in [6.45, 7) is 4.50. The fourth-order valence-corrected chi connectivity index (χ4v) is 4.05. The Labute approximate surface area is 185 Å². The molecule has 32 heavy (non-hydrogen) atoms. The number of alkyl carbamates (subject to hydrolysis) is 1. The van der Waals surface area contributed by atoms with Gasteiger partial charge in [0.15, 0.2) is 0 Å². The van der Waals surface area contributed by atoms with Gasteiger partial charge in [-0.25, -0.2) is 14.4 Å². The number of rotatable bonds is 5. The number of hydrogen-bond acceptors (Lipinski definition) is 7. The molecular formula is C22H26N4O6. The molecule has 1 aromatic carbocycles. The van der Waals surface area contributed by atoms with Gasteiger partial charge in [0.05, 0.1) is 38.2 Å². The molecule has 1 aliphatic heterocycles. The molecule has 1 aliphatic carbocycles. The van der Waals surface area contributed by atoms with E-state index in [-0.39, 0.29) is 19.8 Å². The van der Waals surface area contributed by atoms with Gasteiger partial charge >= 0.3 is 18.3 Å². The van der Waals surface area contributed by atoms with E-state index in [4.69, 9.17) is 14.2 Å². The minimum Gasteiger partial charge on any atom is -0.450 e. The lowest BCUT2D eigenvalue weighted by Crippen LogP contribution is -2.35. The molecule has 0 radical (unpaired) electrons. The predicted octanol–water partition coefficient (Wildman–Crippen LogP) is 3.11. The Balaban J connectivity index is 1.55. The van der Waals surface area contributed by atoms with Gasteiger partial charge in [-0.2, -0.15) is 9.78 Å². The third kappa shape index (κ3) is 4.25. The zero-order valence-electron chi connectivity index (χ0n) is 18.1. The number of hydrogen-bond donors (Lipinski definition) is 1. The lowest BCUT2D eigenvalue weighted by Gasteiger charge is -2.17. The number of carbonyl (C=O) groups is 3. The van der Waals surface area contributed by atoms with Crippen molar-refractivity contribution in [3.63, 3.8) is 0 Å². The van der Waals surface area contributed by atoms with Crippen LogP contribution >= 0.6 is 0 Å². The van der Waals surface area contributed by atoms with Gasteiger partial charge < -0.3 is 19.5 Å². The molecule has 2 heterocycles. The van der Waals surface area contributed by atoms with E-state index in [1.54, 1.807) is 24.9 Å². The standard InChI is InChI=1S/C22H26N4O6/c1-3-30-20(27)23-12-17-13-25(21(28)32-17)16-8-9-18-14(10-16)6-5-7-15-11-24-26(19(15)18)22(29)31-4-2/h8-11,17H,3-7,12-13H2,1-2H3,(H,23,27)/t17-/m0/s1. The van der Waals surface area contributed by atoms with Gasteiger partial charge in [-0.1, -0.05) is 6.07 Å². The fraction of sp³-hybridized carbons (Fsp3) is 0.455. The summed E-state index contributed by atoms with van der Waals surface area (Å²) in [6.07, 6.45) is 2.23. The second-order valence-corrected chi connectivity index (χ2v) is 7.54. The first-order valence-electron chi connectivity index (χ1n) is 10.8. The van der Waals surface area contributed by atoms with E-state index in [1.165, 1.54) is 4.68 Å². The molecular weight excluding hydrogens is 416 g/mol. The molecule has 4 rings (SSSR count). The highest BCUT2D eigenvalue weighted by Crippen LogP contribution is 2.35. The highest BCUT2D eigenvalue weighted by atomic mass is 16.6. The number of fused-ring (bicyclic) bond motifs is 3. The highest BCUT2D eigenvalue weighted by molar-refractivity contribution is 5.91. The first kappa shape index (κ1) is 21.7. The molecule has 1 saturated heterocycles. The molecule has 0 saturated carbocycles. The van der Waals surface area contributed by atoms with E-state index in [2.05, 4.69) is 10.4 Å². The minimum absolute atomic E-state index is 0.175. The number of nitrogens with one attached hydrogen (secondary N) is 1. The van der Waals surface area contributed by atoms with Gasteiger partial charge in [-0.15, -0.1) is 0 Å². The Morgan fingerprint density at radius 2 is 1.97 bits per heavy atom. The summed E-state index contributed by atoms with van der Waals surface area (Å²) in [5.74, 6) is 0. The van der Waals surface area contributed by atoms with E-state index in [0.717, 1.165) is 41.6 Å². The molecule has 0 bridgehead atoms. The lowest BCUT2D eigenvalue weighted by molar-refractivity contribution is 0.127. The van der Waals surface area contributed by atoms with Crippen LogP contribution in [0.4, 0.5) is 20.1 Å². The van der Waals surface area contributed by atoms with E-state index < -0.39 is 24.4 Å². The molecule has 0 unspecified atom stereocenters. The van der Waals surface area contributed by atoms with Crippen LogP contribution in [0.2, 0.25) is 0 Å². The highest BCUT2D eigenvalue weighted by Gasteiger charge is 2.33. The van der Waals surface area contributed by atoms with Gasteiger partial charge in [0.25, 0.3) is 0 Å². The van der Waals surface area contributed by atoms with Crippen molar-refractivity contribution in [1.82, 2.24) is 15.1 Å². The van der Waals surface area contributed by atoms with Crippen LogP contribution < -0.4 is 10.2 Å². The van der Waals surface area contributed by atoms with Crippen molar-refractivity contribution in [3.05, 3.63) is 35.5 Å². The number of amides is 2. The van der Waals surface area contributed by atoms with Gasteiger partial charge in [0.1, 0.15) is 6.10 Å². The molecule has 10 heteroatoms. The van der Waals surface area contributed by atoms with Gasteiger partial charge in [-0.05, 0) is 56.4 Å². The Morgan fingerprint density at radius 3 is 2.75 bits per heavy atom. The summed E-state index contributed by atoms with van der Waals surface area (Å²) in [4.78, 5) is 37.9. The SMILES string of the molecule is CCOC(=O)NC[C@H]1CN(c2ccc3c(c2)CCCc2cnn(C(=O)OCC)c2-3)C(=O)O1. The molecule has 1 aromatic heterocycles. The van der Waals surface area contributed by atoms with Crippen molar-refractivity contribution in [2.45, 2.75) is 39.2 Å².